The van der Waals surface area contributed by atoms with E-state index in [0.717, 1.165) is 16.7 Å². The van der Waals surface area contributed by atoms with Crippen LogP contribution < -0.4 is 10.6 Å². The second kappa shape index (κ2) is 11.3. The molecule has 1 aliphatic heterocycles. The van der Waals surface area contributed by atoms with E-state index in [0.29, 0.717) is 45.1 Å². The van der Waals surface area contributed by atoms with Gasteiger partial charge in [0.1, 0.15) is 0 Å². The second-order valence-electron chi connectivity index (χ2n) is 9.08. The maximum atomic E-state index is 12.2. The number of carbonyl (C=O) groups is 2. The van der Waals surface area contributed by atoms with E-state index < -0.39 is 5.60 Å². The first kappa shape index (κ1) is 25.4. The van der Waals surface area contributed by atoms with Crippen LogP contribution in [0.1, 0.15) is 25.8 Å². The first-order valence-corrected chi connectivity index (χ1v) is 11.4. The Balaban J connectivity index is 1.54. The number of benzene rings is 1. The Morgan fingerprint density at radius 3 is 2.44 bits per heavy atom. The molecule has 0 atom stereocenters. The predicted octanol–water partition coefficient (Wildman–Crippen LogP) is 1.48. The molecule has 1 saturated heterocycles. The van der Waals surface area contributed by atoms with E-state index in [-0.39, 0.29) is 25.2 Å². The average Bonchev–Trinajstić information content (AvgIpc) is 2.83. The van der Waals surface area contributed by atoms with Crippen molar-refractivity contribution in [1.82, 2.24) is 19.8 Å². The minimum absolute atomic E-state index is 0.0109. The standard InChI is InChI=1S/C24H34N6O4/c1-24(2,33)7-12-34-23(32)30-10-8-29(9-11-30)22-26-15-20(16-27-22)19-6-4-5-18(13-19)17-28(3)21(31)14-25/h4-6,13,15-16,33H,7-12,14,17,25H2,1-3H3. The number of nitrogens with zero attached hydrogens (tertiary/aromatic N) is 5. The molecule has 1 aliphatic rings. The van der Waals surface area contributed by atoms with Crippen LogP contribution in [0.15, 0.2) is 36.7 Å². The summed E-state index contributed by atoms with van der Waals surface area (Å²) in [5, 5.41) is 9.73. The van der Waals surface area contributed by atoms with E-state index in [4.69, 9.17) is 10.5 Å². The summed E-state index contributed by atoms with van der Waals surface area (Å²) in [7, 11) is 1.73. The smallest absolute Gasteiger partial charge is 0.409 e. The molecule has 3 N–H and O–H groups in total. The molecule has 34 heavy (non-hydrogen) atoms. The van der Waals surface area contributed by atoms with Gasteiger partial charge in [-0.3, -0.25) is 4.79 Å². The van der Waals surface area contributed by atoms with E-state index in [1.807, 2.05) is 29.2 Å². The van der Waals surface area contributed by atoms with Gasteiger partial charge in [-0.2, -0.15) is 0 Å². The third kappa shape index (κ3) is 7.13. The topological polar surface area (TPSA) is 125 Å². The summed E-state index contributed by atoms with van der Waals surface area (Å²) in [4.78, 5) is 38.3. The van der Waals surface area contributed by atoms with Gasteiger partial charge in [0.2, 0.25) is 11.9 Å². The van der Waals surface area contributed by atoms with Crippen LogP contribution in [0.2, 0.25) is 0 Å². The lowest BCUT2D eigenvalue weighted by Crippen LogP contribution is -2.49. The van der Waals surface area contributed by atoms with Gasteiger partial charge in [-0.15, -0.1) is 0 Å². The highest BCUT2D eigenvalue weighted by atomic mass is 16.6. The molecule has 1 fully saturated rings. The number of carbonyl (C=O) groups excluding carboxylic acids is 2. The fourth-order valence-corrected chi connectivity index (χ4v) is 3.57. The Bertz CT molecular complexity index is 968. The quantitative estimate of drug-likeness (QED) is 0.594. The summed E-state index contributed by atoms with van der Waals surface area (Å²) in [6, 6.07) is 7.91. The zero-order chi connectivity index (χ0) is 24.7. The highest BCUT2D eigenvalue weighted by Gasteiger charge is 2.24. The molecule has 0 bridgehead atoms. The molecular formula is C24H34N6O4. The van der Waals surface area contributed by atoms with Gasteiger partial charge >= 0.3 is 6.09 Å². The second-order valence-corrected chi connectivity index (χ2v) is 9.08. The van der Waals surface area contributed by atoms with Gasteiger partial charge in [0, 0.05) is 64.1 Å². The fraction of sp³-hybridized carbons (Fsp3) is 0.500. The van der Waals surface area contributed by atoms with Gasteiger partial charge in [0.15, 0.2) is 0 Å². The third-order valence-corrected chi connectivity index (χ3v) is 5.68. The SMILES string of the molecule is CN(Cc1cccc(-c2cnc(N3CCN(C(=O)OCCC(C)(C)O)CC3)nc2)c1)C(=O)CN. The van der Waals surface area contributed by atoms with Crippen molar-refractivity contribution in [3.05, 3.63) is 42.2 Å². The van der Waals surface area contributed by atoms with Gasteiger partial charge in [-0.05, 0) is 31.0 Å². The van der Waals surface area contributed by atoms with Crippen molar-refractivity contribution < 1.29 is 19.4 Å². The molecule has 2 aromatic rings. The molecule has 184 valence electrons. The molecule has 0 saturated carbocycles. The molecule has 3 rings (SSSR count). The zero-order valence-electron chi connectivity index (χ0n) is 20.1. The number of rotatable bonds is 8. The highest BCUT2D eigenvalue weighted by Crippen LogP contribution is 2.21. The number of hydrogen-bond acceptors (Lipinski definition) is 8. The van der Waals surface area contributed by atoms with Gasteiger partial charge in [0.05, 0.1) is 18.8 Å². The van der Waals surface area contributed by atoms with Crippen LogP contribution in [0.25, 0.3) is 11.1 Å². The van der Waals surface area contributed by atoms with Crippen molar-refractivity contribution in [1.29, 1.82) is 0 Å². The third-order valence-electron chi connectivity index (χ3n) is 5.68. The molecule has 0 radical (unpaired) electrons. The first-order valence-electron chi connectivity index (χ1n) is 11.4. The van der Waals surface area contributed by atoms with Crippen LogP contribution in [-0.4, -0.2) is 88.9 Å². The Labute approximate surface area is 200 Å². The number of aliphatic hydroxyl groups is 1. The maximum absolute atomic E-state index is 12.2. The van der Waals surface area contributed by atoms with Crippen molar-refractivity contribution in [2.75, 3.05) is 51.3 Å². The Kier molecular flexibility index (Phi) is 8.41. The van der Waals surface area contributed by atoms with Gasteiger partial charge in [0.25, 0.3) is 0 Å². The summed E-state index contributed by atoms with van der Waals surface area (Å²) in [6.07, 6.45) is 3.60. The predicted molar refractivity (Wildman–Crippen MR) is 129 cm³/mol. The highest BCUT2D eigenvalue weighted by molar-refractivity contribution is 5.77. The summed E-state index contributed by atoms with van der Waals surface area (Å²) in [5.41, 5.74) is 7.42. The summed E-state index contributed by atoms with van der Waals surface area (Å²) in [6.45, 7) is 6.28. The van der Waals surface area contributed by atoms with Crippen molar-refractivity contribution in [2.45, 2.75) is 32.4 Å². The number of aromatic nitrogens is 2. The molecular weight excluding hydrogens is 436 g/mol. The molecule has 2 heterocycles. The molecule has 10 nitrogen and oxygen atoms in total. The lowest BCUT2D eigenvalue weighted by atomic mass is 10.1. The van der Waals surface area contributed by atoms with E-state index >= 15 is 0 Å². The monoisotopic (exact) mass is 470 g/mol. The number of anilines is 1. The molecule has 0 spiro atoms. The van der Waals surface area contributed by atoms with Crippen LogP contribution in [0.5, 0.6) is 0 Å². The van der Waals surface area contributed by atoms with Crippen LogP contribution in [-0.2, 0) is 16.1 Å². The van der Waals surface area contributed by atoms with Gasteiger partial charge in [-0.1, -0.05) is 18.2 Å². The lowest BCUT2D eigenvalue weighted by molar-refractivity contribution is -0.128. The largest absolute Gasteiger partial charge is 0.449 e. The van der Waals surface area contributed by atoms with Crippen LogP contribution in [0.4, 0.5) is 10.7 Å². The number of likely N-dealkylation sites (N-methyl/N-ethyl adjacent to an activating group) is 1. The molecule has 10 heteroatoms. The Morgan fingerprint density at radius 2 is 1.82 bits per heavy atom. The normalized spacial score (nSPS) is 14.1. The molecule has 1 aromatic heterocycles. The minimum atomic E-state index is -0.857. The van der Waals surface area contributed by atoms with Crippen LogP contribution >= 0.6 is 0 Å². The molecule has 2 amide bonds. The van der Waals surface area contributed by atoms with Crippen LogP contribution in [0.3, 0.4) is 0 Å². The minimum Gasteiger partial charge on any atom is -0.449 e. The number of hydrogen-bond donors (Lipinski definition) is 2. The number of amides is 2. The van der Waals surface area contributed by atoms with E-state index in [2.05, 4.69) is 9.97 Å². The maximum Gasteiger partial charge on any atom is 0.409 e. The van der Waals surface area contributed by atoms with Crippen LogP contribution in [0, 0.1) is 0 Å². The van der Waals surface area contributed by atoms with Crippen molar-refractivity contribution in [2.24, 2.45) is 5.73 Å². The zero-order valence-corrected chi connectivity index (χ0v) is 20.1. The van der Waals surface area contributed by atoms with E-state index in [1.54, 1.807) is 43.1 Å². The van der Waals surface area contributed by atoms with E-state index in [1.165, 1.54) is 0 Å². The van der Waals surface area contributed by atoms with Crippen molar-refractivity contribution >= 4 is 17.9 Å². The summed E-state index contributed by atoms with van der Waals surface area (Å²) in [5.74, 6) is 0.504. The van der Waals surface area contributed by atoms with Crippen molar-refractivity contribution in [3.63, 3.8) is 0 Å². The van der Waals surface area contributed by atoms with Gasteiger partial charge in [-0.25, -0.2) is 14.8 Å². The summed E-state index contributed by atoms with van der Waals surface area (Å²) >= 11 is 0. The molecule has 0 aliphatic carbocycles. The van der Waals surface area contributed by atoms with Gasteiger partial charge < -0.3 is 30.3 Å². The number of nitrogens with two attached hydrogens (primary N) is 1. The molecule has 0 unspecified atom stereocenters. The fourth-order valence-electron chi connectivity index (χ4n) is 3.57. The van der Waals surface area contributed by atoms with Crippen molar-refractivity contribution in [3.8, 4) is 11.1 Å². The Morgan fingerprint density at radius 1 is 1.15 bits per heavy atom. The lowest BCUT2D eigenvalue weighted by Gasteiger charge is -2.34. The average molecular weight is 471 g/mol. The number of piperazine rings is 1. The molecule has 1 aromatic carbocycles. The summed E-state index contributed by atoms with van der Waals surface area (Å²) < 4.78 is 5.27. The Hall–Kier alpha value is -3.24. The van der Waals surface area contributed by atoms with E-state index in [9.17, 15) is 14.7 Å². The first-order chi connectivity index (χ1) is 16.2. The number of ether oxygens (including phenoxy) is 1.